The van der Waals surface area contributed by atoms with E-state index in [9.17, 15) is 9.59 Å². The predicted octanol–water partition coefficient (Wildman–Crippen LogP) is 7.31. The summed E-state index contributed by atoms with van der Waals surface area (Å²) >= 11 is 0.984. The Balaban J connectivity index is 0.000000374. The molecule has 167 valence electrons. The maximum absolute atomic E-state index is 12.3. The van der Waals surface area contributed by atoms with Gasteiger partial charge < -0.3 is 0 Å². The summed E-state index contributed by atoms with van der Waals surface area (Å²) in [7, 11) is 0. The second-order valence-corrected chi connectivity index (χ2v) is 12.1. The van der Waals surface area contributed by atoms with Crippen LogP contribution in [0.25, 0.3) is 5.31 Å². The van der Waals surface area contributed by atoms with Crippen molar-refractivity contribution in [2.24, 2.45) is 0 Å². The van der Waals surface area contributed by atoms with Crippen LogP contribution >= 0.6 is 6.89 Å². The molecule has 0 spiro atoms. The Bertz CT molecular complexity index is 1170. The van der Waals surface area contributed by atoms with E-state index in [0.29, 0.717) is 17.6 Å². The molecule has 3 aromatic carbocycles. The number of rotatable bonds is 7. The minimum atomic E-state index is -2.57. The summed E-state index contributed by atoms with van der Waals surface area (Å²) in [4.78, 5) is 24.3. The molecule has 1 aliphatic rings. The Morgan fingerprint density at radius 2 is 1.33 bits per heavy atom. The van der Waals surface area contributed by atoms with Gasteiger partial charge in [-0.2, -0.15) is 0 Å². The first-order valence-electron chi connectivity index (χ1n) is 10.7. The third-order valence-corrected chi connectivity index (χ3v) is 9.87. The SMILES string of the molecule is O=C=C(c1ccccc1)P(=C=O)(Cc1ccccc1)Cc1ccccc1.[CH3][Mn][C]1=CC=CC1. The Hall–Kier alpha value is -2.88. The van der Waals surface area contributed by atoms with Crippen molar-refractivity contribution in [3.8, 4) is 0 Å². The fraction of sp³-hybridized carbons (Fsp3) is 0.138. The molecular weight excluding hydrogens is 466 g/mol. The molecule has 33 heavy (non-hydrogen) atoms. The Morgan fingerprint density at radius 3 is 1.70 bits per heavy atom. The molecule has 0 fully saturated rings. The topological polar surface area (TPSA) is 34.1 Å². The van der Waals surface area contributed by atoms with Crippen LogP contribution in [-0.2, 0) is 36.9 Å². The minimum absolute atomic E-state index is 0.459. The van der Waals surface area contributed by atoms with Gasteiger partial charge in [-0.05, 0) is 16.7 Å². The Labute approximate surface area is 202 Å². The maximum atomic E-state index is 12.3. The molecule has 0 radical (unpaired) electrons. The third kappa shape index (κ3) is 7.05. The van der Waals surface area contributed by atoms with E-state index in [2.05, 4.69) is 35.7 Å². The zero-order chi connectivity index (χ0) is 23.4. The first kappa shape index (κ1) is 24.8. The number of hydrogen-bond acceptors (Lipinski definition) is 2. The van der Waals surface area contributed by atoms with Gasteiger partial charge in [-0.15, -0.1) is 0 Å². The molecule has 0 saturated heterocycles. The number of carbonyl (C=O) groups excluding carboxylic acids is 2. The van der Waals surface area contributed by atoms with Crippen molar-refractivity contribution < 1.29 is 24.5 Å². The Morgan fingerprint density at radius 1 is 0.818 bits per heavy atom. The van der Waals surface area contributed by atoms with E-state index >= 15 is 0 Å². The molecule has 4 rings (SSSR count). The summed E-state index contributed by atoms with van der Waals surface area (Å²) in [6, 6.07) is 29.0. The zero-order valence-electron chi connectivity index (χ0n) is 18.7. The molecule has 2 nitrogen and oxygen atoms in total. The molecule has 0 aromatic heterocycles. The van der Waals surface area contributed by atoms with Crippen molar-refractivity contribution in [2.75, 3.05) is 0 Å². The number of benzene rings is 3. The van der Waals surface area contributed by atoms with Crippen LogP contribution < -0.4 is 0 Å². The van der Waals surface area contributed by atoms with Crippen LogP contribution in [0.2, 0.25) is 5.82 Å². The van der Waals surface area contributed by atoms with Crippen molar-refractivity contribution >= 4 is 23.8 Å². The molecule has 4 heteroatoms. The average Bonchev–Trinajstić information content (AvgIpc) is 3.41. The van der Waals surface area contributed by atoms with Crippen molar-refractivity contribution in [1.82, 2.24) is 0 Å². The Kier molecular flexibility index (Phi) is 9.74. The van der Waals surface area contributed by atoms with Crippen molar-refractivity contribution in [1.29, 1.82) is 0 Å². The number of allylic oxidation sites excluding steroid dienone is 4. The molecule has 0 N–H and O–H groups in total. The second-order valence-electron chi connectivity index (χ2n) is 7.60. The van der Waals surface area contributed by atoms with Gasteiger partial charge in [-0.3, -0.25) is 0 Å². The van der Waals surface area contributed by atoms with Gasteiger partial charge >= 0.3 is 49.9 Å². The van der Waals surface area contributed by atoms with E-state index in [1.807, 2.05) is 91.0 Å². The molecule has 0 heterocycles. The fourth-order valence-corrected chi connectivity index (χ4v) is 7.49. The van der Waals surface area contributed by atoms with Crippen molar-refractivity contribution in [3.05, 3.63) is 130 Å². The number of hydrogen-bond donors (Lipinski definition) is 0. The van der Waals surface area contributed by atoms with E-state index in [0.717, 1.165) is 31.6 Å². The molecule has 0 amide bonds. The first-order valence-corrected chi connectivity index (χ1v) is 14.6. The van der Waals surface area contributed by atoms with Gasteiger partial charge in [0.05, 0.1) is 5.31 Å². The molecule has 0 bridgehead atoms. The molecule has 1 aliphatic carbocycles. The third-order valence-electron chi connectivity index (χ3n) is 5.31. The van der Waals surface area contributed by atoms with Gasteiger partial charge in [-0.25, -0.2) is 9.59 Å². The quantitative estimate of drug-likeness (QED) is 0.197. The van der Waals surface area contributed by atoms with E-state index in [1.165, 1.54) is 6.42 Å². The van der Waals surface area contributed by atoms with Gasteiger partial charge in [0.1, 0.15) is 11.6 Å². The summed E-state index contributed by atoms with van der Waals surface area (Å²) in [6.07, 6.45) is 8.76. The van der Waals surface area contributed by atoms with Crippen LogP contribution in [-0.4, -0.2) is 11.6 Å². The fourth-order valence-electron chi connectivity index (χ4n) is 3.67. The van der Waals surface area contributed by atoms with Crippen molar-refractivity contribution in [2.45, 2.75) is 24.6 Å². The zero-order valence-corrected chi connectivity index (χ0v) is 20.7. The summed E-state index contributed by atoms with van der Waals surface area (Å²) in [5.74, 6) is 4.33. The van der Waals surface area contributed by atoms with Crippen LogP contribution in [0.3, 0.4) is 0 Å². The van der Waals surface area contributed by atoms with Crippen LogP contribution in [0.5, 0.6) is 0 Å². The standard InChI is InChI=1S/C23H19O2P.C5H5.CH3.Mn/c24-16-23(22-14-8-3-9-15-22)26(19-25,17-20-10-4-1-5-11-20)18-21-12-6-2-7-13-21;1-2-4-5-3-1;;/h1-15H,17-18H2;1-3H,4H2;1H3;. The van der Waals surface area contributed by atoms with E-state index in [1.54, 1.807) is 4.47 Å². The van der Waals surface area contributed by atoms with E-state index < -0.39 is 6.89 Å². The van der Waals surface area contributed by atoms with Gasteiger partial charge in [0.15, 0.2) is 0 Å². The molecule has 0 unspecified atom stereocenters. The van der Waals surface area contributed by atoms with Gasteiger partial charge in [0, 0.05) is 19.2 Å². The second kappa shape index (κ2) is 13.0. The van der Waals surface area contributed by atoms with Crippen LogP contribution in [0, 0.1) is 0 Å². The average molecular weight is 493 g/mol. The summed E-state index contributed by atoms with van der Waals surface area (Å²) in [5, 5.41) is 0.459. The molecule has 0 saturated carbocycles. The molecule has 0 aliphatic heterocycles. The van der Waals surface area contributed by atoms with Crippen LogP contribution in [0.4, 0.5) is 0 Å². The van der Waals surface area contributed by atoms with Crippen LogP contribution in [0.15, 0.2) is 114 Å². The monoisotopic (exact) mass is 493 g/mol. The molecule has 0 atom stereocenters. The summed E-state index contributed by atoms with van der Waals surface area (Å²) < 4.78 is 1.59. The normalized spacial score (nSPS) is 12.1. The van der Waals surface area contributed by atoms with Crippen molar-refractivity contribution in [3.63, 3.8) is 0 Å². The first-order chi connectivity index (χ1) is 16.2. The van der Waals surface area contributed by atoms with Crippen LogP contribution in [0.1, 0.15) is 23.1 Å². The van der Waals surface area contributed by atoms with Gasteiger partial charge in [-0.1, -0.05) is 91.0 Å². The van der Waals surface area contributed by atoms with E-state index in [4.69, 9.17) is 0 Å². The van der Waals surface area contributed by atoms with E-state index in [-0.39, 0.29) is 0 Å². The predicted molar refractivity (Wildman–Crippen MR) is 136 cm³/mol. The molecule has 3 aromatic rings. The summed E-state index contributed by atoms with van der Waals surface area (Å²) in [6.45, 7) is -2.57. The summed E-state index contributed by atoms with van der Waals surface area (Å²) in [5.41, 5.74) is 5.14. The van der Waals surface area contributed by atoms with Gasteiger partial charge in [0.2, 0.25) is 0 Å². The molecular formula is C29H27MnO2P. The van der Waals surface area contributed by atoms with Gasteiger partial charge in [0.25, 0.3) is 0 Å².